The second-order valence-electron chi connectivity index (χ2n) is 22.7. The van der Waals surface area contributed by atoms with E-state index in [-0.39, 0.29) is 66.5 Å². The van der Waals surface area contributed by atoms with Crippen LogP contribution in [0.25, 0.3) is 11.1 Å². The third-order valence-corrected chi connectivity index (χ3v) is 15.9. The molecule has 0 bridgehead atoms. The molecule has 1 saturated heterocycles. The molecule has 10 aromatic rings. The van der Waals surface area contributed by atoms with E-state index < -0.39 is 76.5 Å². The lowest BCUT2D eigenvalue weighted by Crippen LogP contribution is -2.41. The summed E-state index contributed by atoms with van der Waals surface area (Å²) < 4.78 is 119. The number of nitrogens with two attached hydrogens (primary N) is 1. The van der Waals surface area contributed by atoms with Crippen LogP contribution in [-0.2, 0) is 25.3 Å². The van der Waals surface area contributed by atoms with E-state index in [1.165, 1.54) is 62.5 Å². The van der Waals surface area contributed by atoms with Crippen molar-refractivity contribution in [3.8, 4) is 11.1 Å². The van der Waals surface area contributed by atoms with Crippen molar-refractivity contribution in [1.29, 1.82) is 0 Å². The van der Waals surface area contributed by atoms with E-state index in [9.17, 15) is 63.9 Å². The molecule has 19 nitrogen and oxygen atoms in total. The maximum Gasteiger partial charge on any atom is 0.495 e. The van der Waals surface area contributed by atoms with Crippen molar-refractivity contribution >= 4 is 158 Å². The van der Waals surface area contributed by atoms with E-state index in [2.05, 4.69) is 111 Å². The van der Waals surface area contributed by atoms with Crippen molar-refractivity contribution in [2.75, 3.05) is 45.2 Å². The number of Topliss-reactive ketones (excluding diaryl/α,β-unsaturated/α-hetero) is 1. The molecule has 0 radical (unpaired) electrons. The Bertz CT molecular complexity index is 4710. The van der Waals surface area contributed by atoms with Gasteiger partial charge >= 0.3 is 7.12 Å². The van der Waals surface area contributed by atoms with Gasteiger partial charge in [0.2, 0.25) is 11.8 Å². The van der Waals surface area contributed by atoms with Crippen molar-refractivity contribution in [1.82, 2.24) is 29.9 Å². The number of hydrogen-bond acceptors (Lipinski definition) is 15. The highest BCUT2D eigenvalue weighted by Gasteiger charge is 2.51. The molecule has 107 heavy (non-hydrogen) atoms. The molecule has 4 N–H and O–H groups in total. The van der Waals surface area contributed by atoms with E-state index >= 15 is 0 Å². The Hall–Kier alpha value is -9.32. The molecule has 7 heterocycles. The summed E-state index contributed by atoms with van der Waals surface area (Å²) in [5, 5.41) is 4.32. The van der Waals surface area contributed by atoms with Crippen molar-refractivity contribution in [2.45, 2.75) is 74.0 Å². The van der Waals surface area contributed by atoms with E-state index in [1.54, 1.807) is 79.6 Å². The predicted molar refractivity (Wildman–Crippen MR) is 419 cm³/mol. The molecular formula is C74H71BBr3ClF8IN11O8. The number of ketones is 1. The van der Waals surface area contributed by atoms with Crippen LogP contribution in [0, 0.1) is 46.5 Å². The number of benzene rings is 4. The number of nitrogens with one attached hydrogen (secondary N) is 2. The molecule has 6 aromatic heterocycles. The van der Waals surface area contributed by atoms with Crippen LogP contribution in [0.4, 0.5) is 63.8 Å². The number of alkyl halides is 1. The first-order chi connectivity index (χ1) is 49.5. The van der Waals surface area contributed by atoms with Gasteiger partial charge in [-0.05, 0) is 206 Å². The van der Waals surface area contributed by atoms with Gasteiger partial charge in [-0.1, -0.05) is 37.4 Å². The molecule has 0 saturated carbocycles. The average Bonchev–Trinajstić information content (AvgIpc) is 1.63. The van der Waals surface area contributed by atoms with Crippen LogP contribution in [-0.4, -0.2) is 102 Å². The number of carbonyl (C=O) groups is 6. The predicted octanol–water partition coefficient (Wildman–Crippen LogP) is 18.0. The van der Waals surface area contributed by atoms with Crippen molar-refractivity contribution < 1.29 is 73.2 Å². The van der Waals surface area contributed by atoms with Crippen LogP contribution in [0.2, 0.25) is 0 Å². The summed E-state index contributed by atoms with van der Waals surface area (Å²) in [7, 11) is 2.52. The zero-order chi connectivity index (χ0) is 78.0. The van der Waals surface area contributed by atoms with E-state index in [4.69, 9.17) is 26.6 Å². The lowest BCUT2D eigenvalue weighted by molar-refractivity contribution is -0.115. The van der Waals surface area contributed by atoms with Gasteiger partial charge in [-0.15, -0.1) is 0 Å². The quantitative estimate of drug-likeness (QED) is 0.0257. The van der Waals surface area contributed by atoms with Crippen LogP contribution in [0.5, 0.6) is 0 Å². The molecule has 11 rings (SSSR count). The van der Waals surface area contributed by atoms with Crippen molar-refractivity contribution in [2.24, 2.45) is 0 Å². The standard InChI is InChI=1S/C20H16F2N4O2.C13H19BN2O3.C13H9BrF2N2O.C13H8BrF2NO.C7H3ClF2O.C5H5BrN2.CH3I.2CH4/c1-12(27)25-19-8-13(5-6-24-19)14-7-16(11-23-10-14)26(2)20(28)17-4-3-15(21)9-18(17)22;1-9(17)16-11-8-10(6-7-15-11)14-18-12(2,3)13(4,5)19-14;1-18(10-4-8(14)6-17-7-10)13(19)11-3-2-9(15)5-12(11)16;14-9-3-8(6-17-7-9)4-13(18)11-2-1-10(15)5-12(11)16;8-7(11)5-2-1-4(9)3-6(5)10;6-4-1-5(7)3-8-2-4;1-2;;/h3-11H,1-2H3,(H,24,25,27);6-8H,1-5H3,(H,15,16,17);2-7H,1H3;1-3,5-7H,4H2;1-3H;1-3H,7H2;1H3;2*1H4. The highest BCUT2D eigenvalue weighted by molar-refractivity contribution is 14.1. The Labute approximate surface area is 657 Å². The second kappa shape index (κ2) is 43.5. The lowest BCUT2D eigenvalue weighted by Gasteiger charge is -2.32. The molecule has 0 aliphatic carbocycles. The Balaban J connectivity index is 0.000000341. The minimum Gasteiger partial charge on any atom is -0.399 e. The fourth-order valence-corrected chi connectivity index (χ4v) is 9.88. The number of hydrogen-bond donors (Lipinski definition) is 3. The summed E-state index contributed by atoms with van der Waals surface area (Å²) in [6.45, 7) is 10.8. The van der Waals surface area contributed by atoms with Crippen LogP contribution in [0.15, 0.2) is 197 Å². The Morgan fingerprint density at radius 2 is 0.888 bits per heavy atom. The van der Waals surface area contributed by atoms with Gasteiger partial charge in [0.25, 0.3) is 17.1 Å². The number of carbonyl (C=O) groups excluding carboxylic acids is 6. The minimum absolute atomic E-state index is 0. The minimum atomic E-state index is -0.940. The Morgan fingerprint density at radius 3 is 1.30 bits per heavy atom. The molecule has 1 fully saturated rings. The summed E-state index contributed by atoms with van der Waals surface area (Å²) in [6, 6.07) is 25.0. The molecule has 4 amide bonds. The SMILES string of the molecule is C.C.CC(=O)Nc1cc(-c2cncc(N(C)C(=O)c3ccc(F)cc3F)c2)ccn1.CC(=O)Nc1cc(B2OC(C)(C)C(C)(C)O2)ccn1.CI.CN(C(=O)c1ccc(F)cc1F)c1cncc(Br)c1.Nc1cncc(Br)c1.O=C(Cc1cncc(Br)c1)c1ccc(F)cc1F.O=C(Cl)c1ccc(F)cc1F. The summed E-state index contributed by atoms with van der Waals surface area (Å²) in [5.74, 6) is -7.65. The zero-order valence-corrected chi connectivity index (χ0v) is 64.6. The highest BCUT2D eigenvalue weighted by Crippen LogP contribution is 2.37. The summed E-state index contributed by atoms with van der Waals surface area (Å²) in [4.78, 5) is 97.5. The van der Waals surface area contributed by atoms with Gasteiger partial charge in [0.05, 0.1) is 62.9 Å². The smallest absolute Gasteiger partial charge is 0.399 e. The van der Waals surface area contributed by atoms with Crippen molar-refractivity contribution in [3.63, 3.8) is 0 Å². The molecule has 1 aliphatic heterocycles. The summed E-state index contributed by atoms with van der Waals surface area (Å²) in [6.07, 6.45) is 15.7. The first-order valence-electron chi connectivity index (χ1n) is 30.3. The zero-order valence-electron chi connectivity index (χ0n) is 56.9. The highest BCUT2D eigenvalue weighted by atomic mass is 127. The molecular weight excluding hydrogens is 1740 g/mol. The van der Waals surface area contributed by atoms with E-state index in [0.717, 1.165) is 68.5 Å². The average molecular weight is 1810 g/mol. The Morgan fingerprint density at radius 1 is 0.495 bits per heavy atom. The molecule has 0 atom stereocenters. The van der Waals surface area contributed by atoms with Crippen LogP contribution in [0.1, 0.15) is 103 Å². The summed E-state index contributed by atoms with van der Waals surface area (Å²) >= 11 is 16.8. The number of amides is 4. The summed E-state index contributed by atoms with van der Waals surface area (Å²) in [5.41, 5.74) is 8.25. The lowest BCUT2D eigenvalue weighted by atomic mass is 9.80. The van der Waals surface area contributed by atoms with Gasteiger partial charge in [-0.2, -0.15) is 0 Å². The van der Waals surface area contributed by atoms with E-state index in [0.29, 0.717) is 68.6 Å². The third-order valence-electron chi connectivity index (χ3n) is 14.4. The molecule has 33 heteroatoms. The number of nitrogen functional groups attached to an aromatic ring is 1. The first kappa shape index (κ1) is 91.9. The van der Waals surface area contributed by atoms with Crippen LogP contribution >= 0.6 is 82.0 Å². The van der Waals surface area contributed by atoms with E-state index in [1.807, 2.05) is 38.7 Å². The number of aromatic nitrogens is 6. The maximum absolute atomic E-state index is 13.9. The molecule has 1 aliphatic rings. The number of anilines is 5. The number of nitrogens with zero attached hydrogens (tertiary/aromatic N) is 8. The fourth-order valence-electron chi connectivity index (χ4n) is 8.58. The molecule has 4 aromatic carbocycles. The van der Waals surface area contributed by atoms with Gasteiger partial charge in [-0.3, -0.25) is 48.7 Å². The molecule has 0 unspecified atom stereocenters. The molecule has 0 spiro atoms. The second-order valence-corrected chi connectivity index (χ2v) is 25.8. The number of halogens is 13. The van der Waals surface area contributed by atoms with Gasteiger partial charge in [0, 0.05) is 127 Å². The first-order valence-corrected chi connectivity index (χ1v) is 35.2. The Kier molecular flexibility index (Phi) is 37.3. The van der Waals surface area contributed by atoms with Gasteiger partial charge in [0.15, 0.2) is 5.78 Å². The van der Waals surface area contributed by atoms with Gasteiger partial charge in [0.1, 0.15) is 58.2 Å². The normalized spacial score (nSPS) is 11.7. The topological polar surface area (TPSA) is 255 Å². The number of rotatable bonds is 12. The van der Waals surface area contributed by atoms with Crippen molar-refractivity contribution in [3.05, 3.63) is 271 Å². The van der Waals surface area contributed by atoms with Gasteiger partial charge in [-0.25, -0.2) is 45.1 Å². The largest absolute Gasteiger partial charge is 0.495 e. The third kappa shape index (κ3) is 28.7. The monoisotopic (exact) mass is 1800 g/mol. The molecule has 564 valence electrons. The van der Waals surface area contributed by atoms with Crippen LogP contribution in [0.3, 0.4) is 0 Å². The maximum atomic E-state index is 13.9. The number of pyridine rings is 6. The van der Waals surface area contributed by atoms with Crippen LogP contribution < -0.4 is 31.6 Å². The fraction of sp³-hybridized carbons (Fsp3) is 0.189. The van der Waals surface area contributed by atoms with Gasteiger partial charge < -0.3 is 35.5 Å².